The summed E-state index contributed by atoms with van der Waals surface area (Å²) in [6, 6.07) is 5.96. The van der Waals surface area contributed by atoms with Gasteiger partial charge in [-0.05, 0) is 50.2 Å². The van der Waals surface area contributed by atoms with Crippen molar-refractivity contribution < 1.29 is 9.90 Å². The Hall–Kier alpha value is -1.35. The van der Waals surface area contributed by atoms with Crippen molar-refractivity contribution in [2.24, 2.45) is 0 Å². The molecule has 1 aromatic carbocycles. The number of hydrogen-bond acceptors (Lipinski definition) is 2. The van der Waals surface area contributed by atoms with E-state index in [2.05, 4.69) is 19.0 Å². The van der Waals surface area contributed by atoms with Crippen molar-refractivity contribution in [2.75, 3.05) is 14.1 Å². The van der Waals surface area contributed by atoms with Crippen molar-refractivity contribution >= 4 is 5.97 Å². The van der Waals surface area contributed by atoms with Crippen LogP contribution in [0.2, 0.25) is 0 Å². The minimum Gasteiger partial charge on any atom is -0.478 e. The van der Waals surface area contributed by atoms with E-state index in [1.54, 1.807) is 12.1 Å². The number of fused-ring (bicyclic) bond motifs is 1. The molecule has 0 fully saturated rings. The van der Waals surface area contributed by atoms with Gasteiger partial charge in [0, 0.05) is 6.04 Å². The highest BCUT2D eigenvalue weighted by Gasteiger charge is 2.23. The van der Waals surface area contributed by atoms with Crippen LogP contribution in [-0.4, -0.2) is 36.1 Å². The lowest BCUT2D eigenvalue weighted by Gasteiger charge is -2.17. The summed E-state index contributed by atoms with van der Waals surface area (Å²) in [5.41, 5.74) is 2.88. The lowest BCUT2D eigenvalue weighted by Crippen LogP contribution is -2.27. The first-order chi connectivity index (χ1) is 7.08. The van der Waals surface area contributed by atoms with Crippen LogP contribution in [-0.2, 0) is 12.8 Å². The molecule has 1 aliphatic carbocycles. The number of carboxylic acids is 1. The third-order valence-corrected chi connectivity index (χ3v) is 3.09. The highest BCUT2D eigenvalue weighted by molar-refractivity contribution is 5.88. The molecular weight excluding hydrogens is 190 g/mol. The summed E-state index contributed by atoms with van der Waals surface area (Å²) >= 11 is 0. The Balaban J connectivity index is 2.27. The fourth-order valence-electron chi connectivity index (χ4n) is 2.09. The summed E-state index contributed by atoms with van der Waals surface area (Å²) < 4.78 is 0. The largest absolute Gasteiger partial charge is 0.478 e. The maximum Gasteiger partial charge on any atom is 0.335 e. The molecule has 0 unspecified atom stereocenters. The molecule has 0 saturated heterocycles. The van der Waals surface area contributed by atoms with Gasteiger partial charge < -0.3 is 10.0 Å². The average Bonchev–Trinajstić information content (AvgIpc) is 2.59. The van der Waals surface area contributed by atoms with Crippen LogP contribution in [0, 0.1) is 0 Å². The zero-order valence-corrected chi connectivity index (χ0v) is 9.03. The van der Waals surface area contributed by atoms with E-state index in [9.17, 15) is 4.79 Å². The molecule has 0 bridgehead atoms. The summed E-state index contributed by atoms with van der Waals surface area (Å²) in [4.78, 5) is 13.0. The van der Waals surface area contributed by atoms with Crippen LogP contribution in [0.5, 0.6) is 0 Å². The molecule has 1 aliphatic rings. The molecule has 0 heterocycles. The molecule has 0 amide bonds. The monoisotopic (exact) mass is 205 g/mol. The molecule has 3 nitrogen and oxygen atoms in total. The normalized spacial score (nSPS) is 19.3. The highest BCUT2D eigenvalue weighted by atomic mass is 16.4. The van der Waals surface area contributed by atoms with E-state index >= 15 is 0 Å². The van der Waals surface area contributed by atoms with Gasteiger partial charge in [0.05, 0.1) is 5.56 Å². The second-order valence-electron chi connectivity index (χ2n) is 4.31. The maximum absolute atomic E-state index is 10.8. The molecule has 15 heavy (non-hydrogen) atoms. The van der Waals surface area contributed by atoms with E-state index in [1.807, 2.05) is 6.07 Å². The number of carboxylic acid groups (broad SMARTS) is 1. The zero-order valence-electron chi connectivity index (χ0n) is 9.03. The summed E-state index contributed by atoms with van der Waals surface area (Å²) in [5.74, 6) is -0.842. The molecule has 80 valence electrons. The second-order valence-corrected chi connectivity index (χ2v) is 4.31. The Bertz CT molecular complexity index is 399. The number of likely N-dealkylation sites (N-methyl/N-ethyl adjacent to an activating group) is 1. The van der Waals surface area contributed by atoms with E-state index in [0.717, 1.165) is 12.8 Å². The van der Waals surface area contributed by atoms with Crippen LogP contribution in [0.1, 0.15) is 21.5 Å². The molecule has 3 heteroatoms. The quantitative estimate of drug-likeness (QED) is 0.793. The summed E-state index contributed by atoms with van der Waals surface area (Å²) in [6.07, 6.45) is 1.99. The van der Waals surface area contributed by atoms with Gasteiger partial charge in [0.15, 0.2) is 0 Å². The predicted molar refractivity (Wildman–Crippen MR) is 58.3 cm³/mol. The van der Waals surface area contributed by atoms with Crippen LogP contribution in [0.3, 0.4) is 0 Å². The zero-order chi connectivity index (χ0) is 11.0. The molecule has 0 aliphatic heterocycles. The third kappa shape index (κ3) is 1.88. The summed E-state index contributed by atoms with van der Waals surface area (Å²) in [7, 11) is 4.13. The fourth-order valence-corrected chi connectivity index (χ4v) is 2.09. The Morgan fingerprint density at radius 3 is 2.60 bits per heavy atom. The molecule has 2 rings (SSSR count). The Morgan fingerprint density at radius 2 is 2.00 bits per heavy atom. The Morgan fingerprint density at radius 1 is 1.33 bits per heavy atom. The van der Waals surface area contributed by atoms with Crippen molar-refractivity contribution in [1.82, 2.24) is 4.90 Å². The van der Waals surface area contributed by atoms with E-state index in [1.165, 1.54) is 11.1 Å². The smallest absolute Gasteiger partial charge is 0.335 e. The van der Waals surface area contributed by atoms with E-state index < -0.39 is 5.97 Å². The number of hydrogen-bond donors (Lipinski definition) is 1. The van der Waals surface area contributed by atoms with Crippen LogP contribution < -0.4 is 0 Å². The van der Waals surface area contributed by atoms with Crippen LogP contribution in [0.25, 0.3) is 0 Å². The topological polar surface area (TPSA) is 40.5 Å². The van der Waals surface area contributed by atoms with Gasteiger partial charge in [-0.3, -0.25) is 0 Å². The number of rotatable bonds is 2. The number of benzene rings is 1. The number of carbonyl (C=O) groups is 1. The second kappa shape index (κ2) is 3.66. The molecule has 0 radical (unpaired) electrons. The first-order valence-corrected chi connectivity index (χ1v) is 5.09. The number of nitrogens with zero attached hydrogens (tertiary/aromatic N) is 1. The molecule has 0 saturated carbocycles. The van der Waals surface area contributed by atoms with E-state index in [-0.39, 0.29) is 0 Å². The van der Waals surface area contributed by atoms with Gasteiger partial charge in [-0.2, -0.15) is 0 Å². The molecule has 0 spiro atoms. The van der Waals surface area contributed by atoms with Crippen LogP contribution >= 0.6 is 0 Å². The third-order valence-electron chi connectivity index (χ3n) is 3.09. The standard InChI is InChI=1S/C12H15NO2/c1-13(2)11-6-8-3-4-9(12(14)15)5-10(8)7-11/h3-5,11H,6-7H2,1-2H3,(H,14,15)/t11-/m0/s1. The summed E-state index contributed by atoms with van der Waals surface area (Å²) in [6.45, 7) is 0. The van der Waals surface area contributed by atoms with Crippen molar-refractivity contribution in [3.8, 4) is 0 Å². The van der Waals surface area contributed by atoms with Crippen LogP contribution in [0.15, 0.2) is 18.2 Å². The minimum absolute atomic E-state index is 0.396. The van der Waals surface area contributed by atoms with E-state index in [0.29, 0.717) is 11.6 Å². The lowest BCUT2D eigenvalue weighted by atomic mass is 10.1. The van der Waals surface area contributed by atoms with Gasteiger partial charge in [-0.15, -0.1) is 0 Å². The molecule has 0 aromatic heterocycles. The Kier molecular flexibility index (Phi) is 2.49. The molecule has 1 aromatic rings. The van der Waals surface area contributed by atoms with Gasteiger partial charge >= 0.3 is 5.97 Å². The Labute approximate surface area is 89.3 Å². The van der Waals surface area contributed by atoms with E-state index in [4.69, 9.17) is 5.11 Å². The SMILES string of the molecule is CN(C)[C@H]1Cc2ccc(C(=O)O)cc2C1. The lowest BCUT2D eigenvalue weighted by molar-refractivity contribution is 0.0697. The summed E-state index contributed by atoms with van der Waals surface area (Å²) in [5, 5.41) is 8.88. The van der Waals surface area contributed by atoms with Gasteiger partial charge in [0.1, 0.15) is 0 Å². The van der Waals surface area contributed by atoms with Gasteiger partial charge in [-0.1, -0.05) is 6.07 Å². The van der Waals surface area contributed by atoms with Crippen molar-refractivity contribution in [3.05, 3.63) is 34.9 Å². The average molecular weight is 205 g/mol. The number of aromatic carboxylic acids is 1. The molecular formula is C12H15NO2. The minimum atomic E-state index is -0.842. The van der Waals surface area contributed by atoms with Gasteiger partial charge in [0.2, 0.25) is 0 Å². The maximum atomic E-state index is 10.8. The van der Waals surface area contributed by atoms with Gasteiger partial charge in [-0.25, -0.2) is 4.79 Å². The fraction of sp³-hybridized carbons (Fsp3) is 0.417. The van der Waals surface area contributed by atoms with Crippen molar-refractivity contribution in [2.45, 2.75) is 18.9 Å². The first kappa shape index (κ1) is 10.2. The van der Waals surface area contributed by atoms with Crippen LogP contribution in [0.4, 0.5) is 0 Å². The molecule has 1 N–H and O–H groups in total. The first-order valence-electron chi connectivity index (χ1n) is 5.09. The molecule has 1 atom stereocenters. The highest BCUT2D eigenvalue weighted by Crippen LogP contribution is 2.25. The predicted octanol–water partition coefficient (Wildman–Crippen LogP) is 1.41. The van der Waals surface area contributed by atoms with Crippen molar-refractivity contribution in [1.29, 1.82) is 0 Å². The van der Waals surface area contributed by atoms with Crippen molar-refractivity contribution in [3.63, 3.8) is 0 Å². The van der Waals surface area contributed by atoms with Gasteiger partial charge in [0.25, 0.3) is 0 Å².